The third-order valence-electron chi connectivity index (χ3n) is 5.40. The van der Waals surface area contributed by atoms with Crippen LogP contribution in [-0.4, -0.2) is 36.1 Å². The summed E-state index contributed by atoms with van der Waals surface area (Å²) in [6.45, 7) is 8.89. The molecule has 0 aromatic rings. The van der Waals surface area contributed by atoms with Gasteiger partial charge in [0, 0.05) is 13.1 Å². The van der Waals surface area contributed by atoms with Gasteiger partial charge in [-0.1, -0.05) is 20.8 Å². The highest BCUT2D eigenvalue weighted by atomic mass is 16.4. The van der Waals surface area contributed by atoms with Crippen LogP contribution in [0.15, 0.2) is 0 Å². The molecule has 0 amide bonds. The standard InChI is InChI=1S/C15H27NO2/c1-9-5-10(2)14-8-16(4)7-13(9)12(14)6-11(3)15(17)18/h9-14H,5-8H2,1-4H3,(H,17,18). The molecule has 2 rings (SSSR count). The van der Waals surface area contributed by atoms with Gasteiger partial charge < -0.3 is 10.0 Å². The van der Waals surface area contributed by atoms with E-state index in [1.807, 2.05) is 6.92 Å². The van der Waals surface area contributed by atoms with Gasteiger partial charge in [0.1, 0.15) is 0 Å². The van der Waals surface area contributed by atoms with Crippen LogP contribution in [0.4, 0.5) is 0 Å². The van der Waals surface area contributed by atoms with Gasteiger partial charge in [0.05, 0.1) is 5.92 Å². The van der Waals surface area contributed by atoms with Crippen LogP contribution in [-0.2, 0) is 4.79 Å². The quantitative estimate of drug-likeness (QED) is 0.840. The Hall–Kier alpha value is -0.570. The fourth-order valence-electron chi connectivity index (χ4n) is 4.38. The van der Waals surface area contributed by atoms with Crippen molar-refractivity contribution < 1.29 is 9.90 Å². The van der Waals surface area contributed by atoms with E-state index < -0.39 is 5.97 Å². The van der Waals surface area contributed by atoms with Crippen molar-refractivity contribution in [1.29, 1.82) is 0 Å². The zero-order chi connectivity index (χ0) is 13.4. The molecule has 1 aliphatic heterocycles. The van der Waals surface area contributed by atoms with Crippen LogP contribution < -0.4 is 0 Å². The Morgan fingerprint density at radius 1 is 1.28 bits per heavy atom. The summed E-state index contributed by atoms with van der Waals surface area (Å²) in [5.74, 6) is 2.67. The summed E-state index contributed by atoms with van der Waals surface area (Å²) < 4.78 is 0. The molecular weight excluding hydrogens is 226 g/mol. The highest BCUT2D eigenvalue weighted by Crippen LogP contribution is 2.47. The molecule has 0 spiro atoms. The molecule has 18 heavy (non-hydrogen) atoms. The van der Waals surface area contributed by atoms with E-state index in [4.69, 9.17) is 5.11 Å². The number of carboxylic acid groups (broad SMARTS) is 1. The number of carbonyl (C=O) groups is 1. The van der Waals surface area contributed by atoms with Crippen molar-refractivity contribution >= 4 is 5.97 Å². The molecule has 1 heterocycles. The van der Waals surface area contributed by atoms with Crippen molar-refractivity contribution in [2.45, 2.75) is 33.6 Å². The Bertz CT molecular complexity index is 300. The molecule has 5 atom stereocenters. The van der Waals surface area contributed by atoms with Gasteiger partial charge in [-0.05, 0) is 49.5 Å². The molecule has 3 nitrogen and oxygen atoms in total. The molecule has 2 bridgehead atoms. The highest BCUT2D eigenvalue weighted by molar-refractivity contribution is 5.69. The predicted octanol–water partition coefficient (Wildman–Crippen LogP) is 2.57. The first kappa shape index (κ1) is 13.9. The molecule has 2 fully saturated rings. The molecule has 1 saturated heterocycles. The van der Waals surface area contributed by atoms with Crippen LogP contribution in [0, 0.1) is 35.5 Å². The minimum atomic E-state index is -0.632. The van der Waals surface area contributed by atoms with Crippen LogP contribution >= 0.6 is 0 Å². The minimum Gasteiger partial charge on any atom is -0.481 e. The van der Waals surface area contributed by atoms with Crippen molar-refractivity contribution in [2.75, 3.05) is 20.1 Å². The number of hydrogen-bond acceptors (Lipinski definition) is 2. The smallest absolute Gasteiger partial charge is 0.306 e. The molecule has 104 valence electrons. The Kier molecular flexibility index (Phi) is 4.00. The van der Waals surface area contributed by atoms with E-state index in [1.165, 1.54) is 6.42 Å². The summed E-state index contributed by atoms with van der Waals surface area (Å²) in [6, 6.07) is 0. The lowest BCUT2D eigenvalue weighted by molar-refractivity contribution is -0.143. The monoisotopic (exact) mass is 253 g/mol. The van der Waals surface area contributed by atoms with E-state index in [0.29, 0.717) is 17.8 Å². The molecule has 2 aliphatic rings. The van der Waals surface area contributed by atoms with Crippen LogP contribution in [0.2, 0.25) is 0 Å². The molecular formula is C15H27NO2. The number of rotatable bonds is 3. The van der Waals surface area contributed by atoms with E-state index in [-0.39, 0.29) is 5.92 Å². The van der Waals surface area contributed by atoms with Crippen molar-refractivity contribution in [2.24, 2.45) is 35.5 Å². The summed E-state index contributed by atoms with van der Waals surface area (Å²) >= 11 is 0. The van der Waals surface area contributed by atoms with Crippen LogP contribution in [0.5, 0.6) is 0 Å². The Morgan fingerprint density at radius 3 is 2.22 bits per heavy atom. The molecule has 3 heteroatoms. The summed E-state index contributed by atoms with van der Waals surface area (Å²) in [7, 11) is 2.21. The van der Waals surface area contributed by atoms with Gasteiger partial charge in [0.25, 0.3) is 0 Å². The van der Waals surface area contributed by atoms with Gasteiger partial charge in [0.2, 0.25) is 0 Å². The van der Waals surface area contributed by atoms with E-state index in [9.17, 15) is 4.79 Å². The lowest BCUT2D eigenvalue weighted by Crippen LogP contribution is -2.53. The molecule has 0 aromatic carbocycles. The van der Waals surface area contributed by atoms with Crippen LogP contribution in [0.25, 0.3) is 0 Å². The van der Waals surface area contributed by atoms with Gasteiger partial charge >= 0.3 is 5.97 Å². The van der Waals surface area contributed by atoms with Crippen LogP contribution in [0.1, 0.15) is 33.6 Å². The lowest BCUT2D eigenvalue weighted by Gasteiger charge is -2.52. The summed E-state index contributed by atoms with van der Waals surface area (Å²) in [5.41, 5.74) is 0. The van der Waals surface area contributed by atoms with Gasteiger partial charge in [-0.25, -0.2) is 0 Å². The largest absolute Gasteiger partial charge is 0.481 e. The average molecular weight is 253 g/mol. The number of hydrogen-bond donors (Lipinski definition) is 1. The van der Waals surface area contributed by atoms with E-state index >= 15 is 0 Å². The first-order valence-corrected chi connectivity index (χ1v) is 7.31. The van der Waals surface area contributed by atoms with Gasteiger partial charge in [-0.3, -0.25) is 4.79 Å². The minimum absolute atomic E-state index is 0.194. The first-order chi connectivity index (χ1) is 8.40. The second-order valence-corrected chi connectivity index (χ2v) is 6.88. The molecule has 0 radical (unpaired) electrons. The van der Waals surface area contributed by atoms with Gasteiger partial charge in [0.15, 0.2) is 0 Å². The number of aliphatic carboxylic acids is 1. The third-order valence-corrected chi connectivity index (χ3v) is 5.40. The van der Waals surface area contributed by atoms with E-state index in [1.54, 1.807) is 0 Å². The molecule has 0 aromatic heterocycles. The number of nitrogens with zero attached hydrogens (tertiary/aromatic N) is 1. The molecule has 1 N–H and O–H groups in total. The van der Waals surface area contributed by atoms with E-state index in [2.05, 4.69) is 25.8 Å². The fraction of sp³-hybridized carbons (Fsp3) is 0.933. The molecule has 5 unspecified atom stereocenters. The topological polar surface area (TPSA) is 40.5 Å². The van der Waals surface area contributed by atoms with Gasteiger partial charge in [-0.2, -0.15) is 0 Å². The van der Waals surface area contributed by atoms with Crippen molar-refractivity contribution in [3.8, 4) is 0 Å². The maximum atomic E-state index is 11.1. The normalized spacial score (nSPS) is 42.6. The Balaban J connectivity index is 2.14. The second kappa shape index (κ2) is 5.20. The predicted molar refractivity (Wildman–Crippen MR) is 72.3 cm³/mol. The third kappa shape index (κ3) is 2.56. The first-order valence-electron chi connectivity index (χ1n) is 7.31. The van der Waals surface area contributed by atoms with Crippen molar-refractivity contribution in [3.63, 3.8) is 0 Å². The zero-order valence-electron chi connectivity index (χ0n) is 12.1. The maximum Gasteiger partial charge on any atom is 0.306 e. The summed E-state index contributed by atoms with van der Waals surface area (Å²) in [4.78, 5) is 13.6. The fourth-order valence-corrected chi connectivity index (χ4v) is 4.38. The van der Waals surface area contributed by atoms with Crippen LogP contribution in [0.3, 0.4) is 0 Å². The Morgan fingerprint density at radius 2 is 1.78 bits per heavy atom. The lowest BCUT2D eigenvalue weighted by atomic mass is 9.58. The molecule has 1 saturated carbocycles. The highest BCUT2D eigenvalue weighted by Gasteiger charge is 2.45. The number of likely N-dealkylation sites (tertiary alicyclic amines) is 1. The SMILES string of the molecule is CC(CC1C2CN(C)CC1C(C)CC2C)C(=O)O. The zero-order valence-corrected chi connectivity index (χ0v) is 12.1. The summed E-state index contributed by atoms with van der Waals surface area (Å²) in [6.07, 6.45) is 2.19. The average Bonchev–Trinajstić information content (AvgIpc) is 2.28. The summed E-state index contributed by atoms with van der Waals surface area (Å²) in [5, 5.41) is 9.15. The maximum absolute atomic E-state index is 11.1. The number of carboxylic acids is 1. The second-order valence-electron chi connectivity index (χ2n) is 6.88. The van der Waals surface area contributed by atoms with Crippen molar-refractivity contribution in [1.82, 2.24) is 4.90 Å². The van der Waals surface area contributed by atoms with E-state index in [0.717, 1.165) is 31.3 Å². The number of piperidine rings is 1. The number of fused-ring (bicyclic) bond motifs is 2. The van der Waals surface area contributed by atoms with Gasteiger partial charge in [-0.15, -0.1) is 0 Å². The Labute approximate surface area is 111 Å². The molecule has 1 aliphatic carbocycles. The van der Waals surface area contributed by atoms with Crippen molar-refractivity contribution in [3.05, 3.63) is 0 Å².